The number of carbonyl (C=O) groups is 1. The molecule has 1 heterocycles. The lowest BCUT2D eigenvalue weighted by atomic mass is 10.3. The van der Waals surface area contributed by atoms with E-state index >= 15 is 0 Å². The fourth-order valence-corrected chi connectivity index (χ4v) is 1.11. The molecule has 0 unspecified atom stereocenters. The first-order valence-electron chi connectivity index (χ1n) is 3.27. The molecule has 0 aromatic heterocycles. The fraction of sp³-hybridized carbons (Fsp3) is 0.833. The molecule has 0 aromatic carbocycles. The molecular formula is C6H13ClN2O. The van der Waals surface area contributed by atoms with Crippen molar-refractivity contribution >= 4 is 18.3 Å². The number of likely N-dealkylation sites (tertiary alicyclic amines) is 1. The van der Waals surface area contributed by atoms with Crippen LogP contribution in [0.25, 0.3) is 0 Å². The van der Waals surface area contributed by atoms with Crippen molar-refractivity contribution in [1.82, 2.24) is 4.90 Å². The summed E-state index contributed by atoms with van der Waals surface area (Å²) in [7, 11) is 0. The summed E-state index contributed by atoms with van der Waals surface area (Å²) < 4.78 is 0. The van der Waals surface area contributed by atoms with Crippen molar-refractivity contribution in [3.63, 3.8) is 0 Å². The summed E-state index contributed by atoms with van der Waals surface area (Å²) in [6, 6.07) is 0.0810. The van der Waals surface area contributed by atoms with Crippen molar-refractivity contribution in [2.75, 3.05) is 13.1 Å². The normalized spacial score (nSPS) is 24.8. The summed E-state index contributed by atoms with van der Waals surface area (Å²) in [5.41, 5.74) is 5.53. The first kappa shape index (κ1) is 9.72. The van der Waals surface area contributed by atoms with E-state index in [1.54, 1.807) is 4.90 Å². The average Bonchev–Trinajstić information content (AvgIpc) is 2.10. The van der Waals surface area contributed by atoms with Crippen LogP contribution in [-0.2, 0) is 4.79 Å². The molecule has 0 bridgehead atoms. The maximum absolute atomic E-state index is 10.9. The SMILES string of the molecule is CCN1C[C@@H](N)CC1=O.Cl. The molecule has 0 radical (unpaired) electrons. The number of carbonyl (C=O) groups excluding carboxylic acids is 1. The molecule has 1 fully saturated rings. The molecule has 1 aliphatic heterocycles. The van der Waals surface area contributed by atoms with Crippen LogP contribution >= 0.6 is 12.4 Å². The van der Waals surface area contributed by atoms with Gasteiger partial charge in [-0.1, -0.05) is 0 Å². The van der Waals surface area contributed by atoms with Gasteiger partial charge in [0.05, 0.1) is 0 Å². The summed E-state index contributed by atoms with van der Waals surface area (Å²) in [5, 5.41) is 0. The van der Waals surface area contributed by atoms with E-state index in [1.807, 2.05) is 6.92 Å². The summed E-state index contributed by atoms with van der Waals surface area (Å²) >= 11 is 0. The second-order valence-electron chi connectivity index (χ2n) is 2.40. The number of likely N-dealkylation sites (N-methyl/N-ethyl adjacent to an activating group) is 1. The van der Waals surface area contributed by atoms with Crippen molar-refractivity contribution in [2.45, 2.75) is 19.4 Å². The van der Waals surface area contributed by atoms with Crippen LogP contribution in [0.15, 0.2) is 0 Å². The minimum absolute atomic E-state index is 0. The highest BCUT2D eigenvalue weighted by atomic mass is 35.5. The molecule has 0 aromatic rings. The van der Waals surface area contributed by atoms with Crippen LogP contribution in [0.2, 0.25) is 0 Å². The van der Waals surface area contributed by atoms with Crippen LogP contribution in [0, 0.1) is 0 Å². The zero-order valence-electron chi connectivity index (χ0n) is 6.04. The van der Waals surface area contributed by atoms with Crippen molar-refractivity contribution in [3.8, 4) is 0 Å². The molecule has 0 saturated carbocycles. The Labute approximate surface area is 67.0 Å². The van der Waals surface area contributed by atoms with Crippen LogP contribution in [-0.4, -0.2) is 29.9 Å². The van der Waals surface area contributed by atoms with E-state index in [0.717, 1.165) is 13.1 Å². The molecule has 1 atom stereocenters. The van der Waals surface area contributed by atoms with Gasteiger partial charge in [0.2, 0.25) is 5.91 Å². The summed E-state index contributed by atoms with van der Waals surface area (Å²) in [4.78, 5) is 12.6. The highest BCUT2D eigenvalue weighted by molar-refractivity contribution is 5.85. The average molecular weight is 165 g/mol. The maximum atomic E-state index is 10.9. The predicted molar refractivity (Wildman–Crippen MR) is 42.1 cm³/mol. The minimum Gasteiger partial charge on any atom is -0.341 e. The lowest BCUT2D eigenvalue weighted by Gasteiger charge is -2.11. The van der Waals surface area contributed by atoms with Crippen LogP contribution < -0.4 is 5.73 Å². The Hall–Kier alpha value is -0.280. The predicted octanol–water partition coefficient (Wildman–Crippen LogP) is -0.0123. The molecule has 1 saturated heterocycles. The molecule has 10 heavy (non-hydrogen) atoms. The number of halogens is 1. The Bertz CT molecular complexity index is 129. The third kappa shape index (κ3) is 1.85. The van der Waals surface area contributed by atoms with E-state index in [0.29, 0.717) is 6.42 Å². The quantitative estimate of drug-likeness (QED) is 0.593. The first-order chi connectivity index (χ1) is 4.24. The van der Waals surface area contributed by atoms with Crippen LogP contribution in [0.1, 0.15) is 13.3 Å². The number of nitrogens with two attached hydrogens (primary N) is 1. The van der Waals surface area contributed by atoms with Crippen molar-refractivity contribution in [1.29, 1.82) is 0 Å². The van der Waals surface area contributed by atoms with E-state index < -0.39 is 0 Å². The van der Waals surface area contributed by atoms with Crippen LogP contribution in [0.3, 0.4) is 0 Å². The molecule has 3 nitrogen and oxygen atoms in total. The maximum Gasteiger partial charge on any atom is 0.224 e. The first-order valence-corrected chi connectivity index (χ1v) is 3.27. The van der Waals surface area contributed by atoms with Gasteiger partial charge in [-0.05, 0) is 6.92 Å². The van der Waals surface area contributed by atoms with Gasteiger partial charge in [0.15, 0.2) is 0 Å². The number of rotatable bonds is 1. The second-order valence-corrected chi connectivity index (χ2v) is 2.40. The third-order valence-corrected chi connectivity index (χ3v) is 1.63. The highest BCUT2D eigenvalue weighted by Crippen LogP contribution is 2.06. The lowest BCUT2D eigenvalue weighted by Crippen LogP contribution is -2.27. The summed E-state index contributed by atoms with van der Waals surface area (Å²) in [6.45, 7) is 3.51. The van der Waals surface area contributed by atoms with Gasteiger partial charge in [0, 0.05) is 25.6 Å². The van der Waals surface area contributed by atoms with E-state index in [9.17, 15) is 4.79 Å². The second kappa shape index (κ2) is 3.78. The van der Waals surface area contributed by atoms with Gasteiger partial charge in [-0.3, -0.25) is 4.79 Å². The van der Waals surface area contributed by atoms with Gasteiger partial charge in [0.1, 0.15) is 0 Å². The van der Waals surface area contributed by atoms with Crippen molar-refractivity contribution in [3.05, 3.63) is 0 Å². The zero-order chi connectivity index (χ0) is 6.85. The van der Waals surface area contributed by atoms with Gasteiger partial charge < -0.3 is 10.6 Å². The Morgan fingerprint density at radius 2 is 2.40 bits per heavy atom. The van der Waals surface area contributed by atoms with Crippen LogP contribution in [0.5, 0.6) is 0 Å². The van der Waals surface area contributed by atoms with Crippen molar-refractivity contribution < 1.29 is 4.79 Å². The zero-order valence-corrected chi connectivity index (χ0v) is 6.86. The summed E-state index contributed by atoms with van der Waals surface area (Å²) in [6.07, 6.45) is 0.536. The van der Waals surface area contributed by atoms with E-state index in [-0.39, 0.29) is 24.4 Å². The van der Waals surface area contributed by atoms with E-state index in [2.05, 4.69) is 0 Å². The number of nitrogens with zero attached hydrogens (tertiary/aromatic N) is 1. The topological polar surface area (TPSA) is 46.3 Å². The largest absolute Gasteiger partial charge is 0.341 e. The van der Waals surface area contributed by atoms with Crippen molar-refractivity contribution in [2.24, 2.45) is 5.73 Å². The Morgan fingerprint density at radius 3 is 2.60 bits per heavy atom. The number of hydrogen-bond donors (Lipinski definition) is 1. The Morgan fingerprint density at radius 1 is 1.80 bits per heavy atom. The molecule has 0 aliphatic carbocycles. The fourth-order valence-electron chi connectivity index (χ4n) is 1.11. The monoisotopic (exact) mass is 164 g/mol. The smallest absolute Gasteiger partial charge is 0.224 e. The minimum atomic E-state index is 0. The molecular weight excluding hydrogens is 152 g/mol. The van der Waals surface area contributed by atoms with Gasteiger partial charge in [0.25, 0.3) is 0 Å². The number of hydrogen-bond acceptors (Lipinski definition) is 2. The summed E-state index contributed by atoms with van der Waals surface area (Å²) in [5.74, 6) is 0.199. The molecule has 1 aliphatic rings. The molecule has 0 spiro atoms. The highest BCUT2D eigenvalue weighted by Gasteiger charge is 2.24. The Kier molecular flexibility index (Phi) is 3.68. The van der Waals surface area contributed by atoms with Gasteiger partial charge in [-0.25, -0.2) is 0 Å². The van der Waals surface area contributed by atoms with E-state index in [4.69, 9.17) is 5.73 Å². The molecule has 60 valence electrons. The third-order valence-electron chi connectivity index (χ3n) is 1.63. The standard InChI is InChI=1S/C6H12N2O.ClH/c1-2-8-4-5(7)3-6(8)9;/h5H,2-4,7H2,1H3;1H/t5-;/m0./s1. The van der Waals surface area contributed by atoms with E-state index in [1.165, 1.54) is 0 Å². The molecule has 1 rings (SSSR count). The molecule has 2 N–H and O–H groups in total. The Balaban J connectivity index is 0.000000810. The lowest BCUT2D eigenvalue weighted by molar-refractivity contribution is -0.127. The van der Waals surface area contributed by atoms with Gasteiger partial charge in [-0.15, -0.1) is 12.4 Å². The van der Waals surface area contributed by atoms with Crippen LogP contribution in [0.4, 0.5) is 0 Å². The number of amides is 1. The molecule has 4 heteroatoms. The molecule has 1 amide bonds. The van der Waals surface area contributed by atoms with Gasteiger partial charge in [-0.2, -0.15) is 0 Å². The van der Waals surface area contributed by atoms with Gasteiger partial charge >= 0.3 is 0 Å².